The predicted octanol–water partition coefficient (Wildman–Crippen LogP) is 4.76. The lowest BCUT2D eigenvalue weighted by atomic mass is 10.1. The van der Waals surface area contributed by atoms with E-state index in [-0.39, 0.29) is 24.0 Å². The van der Waals surface area contributed by atoms with Gasteiger partial charge in [0.25, 0.3) is 0 Å². The van der Waals surface area contributed by atoms with Crippen LogP contribution in [0.3, 0.4) is 0 Å². The van der Waals surface area contributed by atoms with Crippen LogP contribution in [0.1, 0.15) is 24.5 Å². The molecule has 1 aliphatic heterocycles. The molecular formula is C19H13BrClNO4. The van der Waals surface area contributed by atoms with Crippen molar-refractivity contribution in [2.45, 2.75) is 13.3 Å². The molecule has 0 fully saturated rings. The molecule has 0 atom stereocenters. The maximum atomic E-state index is 12.2. The van der Waals surface area contributed by atoms with E-state index in [2.05, 4.69) is 20.9 Å². The quantitative estimate of drug-likeness (QED) is 0.395. The number of benzene rings is 2. The topological polar surface area (TPSA) is 65.0 Å². The summed E-state index contributed by atoms with van der Waals surface area (Å²) in [4.78, 5) is 28.0. The molecule has 0 saturated heterocycles. The van der Waals surface area contributed by atoms with Gasteiger partial charge in [0, 0.05) is 27.0 Å². The van der Waals surface area contributed by atoms with Crippen LogP contribution in [0.4, 0.5) is 0 Å². The van der Waals surface area contributed by atoms with Crippen molar-refractivity contribution in [3.8, 4) is 5.75 Å². The van der Waals surface area contributed by atoms with Gasteiger partial charge in [0.2, 0.25) is 5.90 Å². The van der Waals surface area contributed by atoms with Crippen LogP contribution in [0, 0.1) is 0 Å². The third-order valence-corrected chi connectivity index (χ3v) is 4.23. The number of rotatable bonds is 4. The van der Waals surface area contributed by atoms with Crippen LogP contribution in [0.2, 0.25) is 5.02 Å². The van der Waals surface area contributed by atoms with Gasteiger partial charge in [-0.15, -0.1) is 0 Å². The fourth-order valence-corrected chi connectivity index (χ4v) is 2.70. The van der Waals surface area contributed by atoms with Gasteiger partial charge in [0.1, 0.15) is 5.75 Å². The molecule has 0 bridgehead atoms. The van der Waals surface area contributed by atoms with Gasteiger partial charge in [-0.2, -0.15) is 0 Å². The summed E-state index contributed by atoms with van der Waals surface area (Å²) in [7, 11) is 0. The Bertz CT molecular complexity index is 935. The summed E-state index contributed by atoms with van der Waals surface area (Å²) >= 11 is 9.23. The molecule has 2 aromatic rings. The van der Waals surface area contributed by atoms with E-state index in [0.29, 0.717) is 21.9 Å². The molecule has 0 amide bonds. The molecule has 26 heavy (non-hydrogen) atoms. The van der Waals surface area contributed by atoms with E-state index in [1.807, 2.05) is 0 Å². The van der Waals surface area contributed by atoms with Gasteiger partial charge < -0.3 is 9.47 Å². The summed E-state index contributed by atoms with van der Waals surface area (Å²) < 4.78 is 11.3. The monoisotopic (exact) mass is 433 g/mol. The number of esters is 2. The highest BCUT2D eigenvalue weighted by molar-refractivity contribution is 9.10. The molecule has 0 aliphatic carbocycles. The predicted molar refractivity (Wildman–Crippen MR) is 102 cm³/mol. The average Bonchev–Trinajstić information content (AvgIpc) is 2.98. The van der Waals surface area contributed by atoms with Crippen molar-refractivity contribution in [1.29, 1.82) is 0 Å². The van der Waals surface area contributed by atoms with Crippen molar-refractivity contribution < 1.29 is 19.1 Å². The van der Waals surface area contributed by atoms with Crippen LogP contribution in [0.15, 0.2) is 57.6 Å². The van der Waals surface area contributed by atoms with Crippen molar-refractivity contribution in [1.82, 2.24) is 0 Å². The number of carbonyl (C=O) groups is 2. The number of halogens is 2. The summed E-state index contributed by atoms with van der Waals surface area (Å²) in [6.45, 7) is 1.70. The van der Waals surface area contributed by atoms with E-state index >= 15 is 0 Å². The number of hydrogen-bond acceptors (Lipinski definition) is 5. The summed E-state index contributed by atoms with van der Waals surface area (Å²) in [6.07, 6.45) is 1.77. The number of cyclic esters (lactones) is 1. The van der Waals surface area contributed by atoms with Crippen molar-refractivity contribution >= 4 is 51.4 Å². The fourth-order valence-electron chi connectivity index (χ4n) is 2.19. The van der Waals surface area contributed by atoms with Gasteiger partial charge in [0.15, 0.2) is 5.70 Å². The molecule has 0 radical (unpaired) electrons. The molecule has 3 rings (SSSR count). The maximum absolute atomic E-state index is 12.2. The fraction of sp³-hybridized carbons (Fsp3) is 0.105. The van der Waals surface area contributed by atoms with Crippen LogP contribution in [-0.4, -0.2) is 17.8 Å². The number of nitrogens with zero attached hydrogens (tertiary/aromatic N) is 1. The van der Waals surface area contributed by atoms with Crippen LogP contribution in [0.5, 0.6) is 5.75 Å². The highest BCUT2D eigenvalue weighted by atomic mass is 79.9. The molecule has 0 spiro atoms. The summed E-state index contributed by atoms with van der Waals surface area (Å²) in [5.74, 6) is -0.412. The number of carbonyl (C=O) groups excluding carboxylic acids is 2. The zero-order chi connectivity index (χ0) is 18.7. The Labute approximate surface area is 163 Å². The molecule has 7 heteroatoms. The van der Waals surface area contributed by atoms with E-state index in [1.54, 1.807) is 49.4 Å². The molecule has 5 nitrogen and oxygen atoms in total. The Morgan fingerprint density at radius 1 is 1.27 bits per heavy atom. The third-order valence-electron chi connectivity index (χ3n) is 3.49. The largest absolute Gasteiger partial charge is 0.426 e. The highest BCUT2D eigenvalue weighted by Crippen LogP contribution is 2.28. The number of hydrogen-bond donors (Lipinski definition) is 0. The smallest absolute Gasteiger partial charge is 0.363 e. The van der Waals surface area contributed by atoms with Crippen LogP contribution < -0.4 is 4.74 Å². The lowest BCUT2D eigenvalue weighted by Gasteiger charge is -2.07. The van der Waals surface area contributed by atoms with E-state index in [9.17, 15) is 9.59 Å². The van der Waals surface area contributed by atoms with Crippen molar-refractivity contribution in [2.75, 3.05) is 0 Å². The number of aliphatic imine (C=N–C) groups is 1. The Hall–Kier alpha value is -2.44. The first-order valence-corrected chi connectivity index (χ1v) is 8.92. The minimum absolute atomic E-state index is 0.113. The molecule has 1 heterocycles. The second-order valence-electron chi connectivity index (χ2n) is 5.35. The lowest BCUT2D eigenvalue weighted by molar-refractivity contribution is -0.134. The minimum Gasteiger partial charge on any atom is -0.426 e. The van der Waals surface area contributed by atoms with Gasteiger partial charge in [-0.25, -0.2) is 9.79 Å². The standard InChI is InChI=1S/C19H13BrClNO4/c1-2-17(23)25-16-8-5-13(20)9-12(16)10-15-19(24)26-18(22-15)11-3-6-14(21)7-4-11/h3-10H,2H2,1H3/b15-10-. The Morgan fingerprint density at radius 3 is 2.69 bits per heavy atom. The van der Waals surface area contributed by atoms with Crippen molar-refractivity contribution in [2.24, 2.45) is 4.99 Å². The Balaban J connectivity index is 1.96. The molecule has 1 aliphatic rings. The molecule has 0 aromatic heterocycles. The zero-order valence-corrected chi connectivity index (χ0v) is 16.0. The van der Waals surface area contributed by atoms with E-state index < -0.39 is 5.97 Å². The first kappa shape index (κ1) is 18.4. The van der Waals surface area contributed by atoms with Crippen LogP contribution >= 0.6 is 27.5 Å². The number of ether oxygens (including phenoxy) is 2. The molecule has 0 saturated carbocycles. The highest BCUT2D eigenvalue weighted by Gasteiger charge is 2.24. The normalized spacial score (nSPS) is 15.0. The van der Waals surface area contributed by atoms with Gasteiger partial charge in [0.05, 0.1) is 0 Å². The minimum atomic E-state index is -0.581. The molecule has 0 N–H and O–H groups in total. The van der Waals surface area contributed by atoms with E-state index in [1.165, 1.54) is 6.08 Å². The molecule has 132 valence electrons. The Morgan fingerprint density at radius 2 is 2.00 bits per heavy atom. The molecule has 2 aromatic carbocycles. The van der Waals surface area contributed by atoms with E-state index in [0.717, 1.165) is 4.47 Å². The summed E-state index contributed by atoms with van der Waals surface area (Å²) in [5.41, 5.74) is 1.29. The van der Waals surface area contributed by atoms with Gasteiger partial charge in [-0.05, 0) is 48.5 Å². The lowest BCUT2D eigenvalue weighted by Crippen LogP contribution is -2.07. The SMILES string of the molecule is CCC(=O)Oc1ccc(Br)cc1/C=C1\N=C(c2ccc(Cl)cc2)OC1=O. The maximum Gasteiger partial charge on any atom is 0.363 e. The van der Waals surface area contributed by atoms with Gasteiger partial charge >= 0.3 is 11.9 Å². The van der Waals surface area contributed by atoms with Crippen molar-refractivity contribution in [3.05, 3.63) is 68.8 Å². The first-order chi connectivity index (χ1) is 12.5. The van der Waals surface area contributed by atoms with Gasteiger partial charge in [-0.1, -0.05) is 34.5 Å². The van der Waals surface area contributed by atoms with Crippen molar-refractivity contribution in [3.63, 3.8) is 0 Å². The summed E-state index contributed by atoms with van der Waals surface area (Å²) in [6, 6.07) is 11.9. The molecule has 0 unspecified atom stereocenters. The van der Waals surface area contributed by atoms with E-state index in [4.69, 9.17) is 21.1 Å². The molecular weight excluding hydrogens is 422 g/mol. The second kappa shape index (κ2) is 7.85. The Kier molecular flexibility index (Phi) is 5.54. The average molecular weight is 435 g/mol. The third kappa shape index (κ3) is 4.20. The summed E-state index contributed by atoms with van der Waals surface area (Å²) in [5, 5.41) is 0.575. The second-order valence-corrected chi connectivity index (χ2v) is 6.70. The first-order valence-electron chi connectivity index (χ1n) is 7.75. The van der Waals surface area contributed by atoms with Crippen LogP contribution in [0.25, 0.3) is 6.08 Å². The van der Waals surface area contributed by atoms with Crippen LogP contribution in [-0.2, 0) is 14.3 Å². The zero-order valence-electron chi connectivity index (χ0n) is 13.7. The van der Waals surface area contributed by atoms with Gasteiger partial charge in [-0.3, -0.25) is 4.79 Å².